The van der Waals surface area contributed by atoms with E-state index < -0.39 is 36.5 Å². The van der Waals surface area contributed by atoms with Gasteiger partial charge in [0, 0.05) is 0 Å². The van der Waals surface area contributed by atoms with Crippen LogP contribution >= 0.6 is 0 Å². The Kier molecular flexibility index (Phi) is 4.16. The van der Waals surface area contributed by atoms with Crippen LogP contribution in [0, 0.1) is 0 Å². The van der Waals surface area contributed by atoms with Crippen molar-refractivity contribution in [3.63, 3.8) is 0 Å². The van der Waals surface area contributed by atoms with Crippen molar-refractivity contribution < 1.29 is 52.7 Å². The molecule has 0 aliphatic rings. The molecule has 0 heterocycles. The predicted molar refractivity (Wildman–Crippen MR) is 31.8 cm³/mol. The first-order valence-corrected chi connectivity index (χ1v) is 3.72. The van der Waals surface area contributed by atoms with Crippen LogP contribution in [0.4, 0.5) is 52.7 Å². The molecular formula is C6H2F12. The molecule has 0 saturated carbocycles. The summed E-state index contributed by atoms with van der Waals surface area (Å²) in [6.07, 6.45) is -25.4. The third-order valence-electron chi connectivity index (χ3n) is 1.80. The lowest BCUT2D eigenvalue weighted by atomic mass is 9.93. The van der Waals surface area contributed by atoms with Crippen LogP contribution in [0.3, 0.4) is 0 Å². The quantitative estimate of drug-likeness (QED) is 0.690. The van der Waals surface area contributed by atoms with Gasteiger partial charge in [-0.15, -0.1) is 0 Å². The van der Waals surface area contributed by atoms with E-state index in [1.54, 1.807) is 0 Å². The van der Waals surface area contributed by atoms with E-state index >= 15 is 0 Å². The number of halogens is 12. The van der Waals surface area contributed by atoms with E-state index in [0.717, 1.165) is 0 Å². The summed E-state index contributed by atoms with van der Waals surface area (Å²) in [4.78, 5) is 0. The van der Waals surface area contributed by atoms with Gasteiger partial charge in [-0.1, -0.05) is 0 Å². The fourth-order valence-electron chi connectivity index (χ4n) is 0.824. The topological polar surface area (TPSA) is 0 Å². The van der Waals surface area contributed by atoms with Crippen LogP contribution in [0.1, 0.15) is 0 Å². The normalized spacial score (nSPS) is 17.2. The highest BCUT2D eigenvalue weighted by atomic mass is 19.4. The summed E-state index contributed by atoms with van der Waals surface area (Å²) in [5, 5.41) is 0. The second kappa shape index (κ2) is 4.37. The second-order valence-corrected chi connectivity index (χ2v) is 3.05. The molecule has 0 amide bonds. The van der Waals surface area contributed by atoms with E-state index in [1.165, 1.54) is 0 Å². The summed E-state index contributed by atoms with van der Waals surface area (Å²) >= 11 is 0. The molecule has 0 fully saturated rings. The van der Waals surface area contributed by atoms with Gasteiger partial charge in [0.05, 0.1) is 0 Å². The third kappa shape index (κ3) is 2.46. The average Bonchev–Trinajstić information content (AvgIpc) is 2.11. The fraction of sp³-hybridized carbons (Fsp3) is 1.00. The maximum absolute atomic E-state index is 12.6. The zero-order valence-electron chi connectivity index (χ0n) is 7.69. The van der Waals surface area contributed by atoms with Crippen molar-refractivity contribution in [1.82, 2.24) is 0 Å². The molecule has 0 nitrogen and oxygen atoms in total. The van der Waals surface area contributed by atoms with E-state index in [1.807, 2.05) is 0 Å². The molecule has 12 heteroatoms. The lowest BCUT2D eigenvalue weighted by molar-refractivity contribution is -0.380. The lowest BCUT2D eigenvalue weighted by Crippen LogP contribution is -2.65. The van der Waals surface area contributed by atoms with Crippen molar-refractivity contribution in [2.75, 3.05) is 0 Å². The minimum Gasteiger partial charge on any atom is -0.236 e. The molecule has 1 atom stereocenters. The molecule has 0 aromatic rings. The third-order valence-corrected chi connectivity index (χ3v) is 1.80. The zero-order chi connectivity index (χ0) is 15.2. The molecule has 0 aliphatic carbocycles. The molecule has 0 aromatic heterocycles. The monoisotopic (exact) mass is 302 g/mol. The van der Waals surface area contributed by atoms with Gasteiger partial charge in [0.2, 0.25) is 6.17 Å². The SMILES string of the molecule is FC(F)C(F)(F)C(F)C(F)(C(F)(F)F)C(F)(F)F. The fourth-order valence-corrected chi connectivity index (χ4v) is 0.824. The Morgan fingerprint density at radius 2 is 0.833 bits per heavy atom. The van der Waals surface area contributed by atoms with Crippen molar-refractivity contribution in [3.05, 3.63) is 0 Å². The molecule has 110 valence electrons. The van der Waals surface area contributed by atoms with E-state index in [0.29, 0.717) is 0 Å². The van der Waals surface area contributed by atoms with Crippen molar-refractivity contribution in [2.24, 2.45) is 0 Å². The van der Waals surface area contributed by atoms with Crippen LogP contribution in [0.25, 0.3) is 0 Å². The van der Waals surface area contributed by atoms with Crippen molar-refractivity contribution >= 4 is 0 Å². The summed E-state index contributed by atoms with van der Waals surface area (Å²) in [5.41, 5.74) is -7.10. The van der Waals surface area contributed by atoms with Crippen molar-refractivity contribution in [3.8, 4) is 0 Å². The average molecular weight is 302 g/mol. The summed E-state index contributed by atoms with van der Waals surface area (Å²) in [6, 6.07) is 0. The first kappa shape index (κ1) is 17.2. The Morgan fingerprint density at radius 3 is 1.00 bits per heavy atom. The molecule has 0 bridgehead atoms. The Hall–Kier alpha value is -0.840. The molecule has 0 aliphatic heterocycles. The van der Waals surface area contributed by atoms with E-state index in [-0.39, 0.29) is 0 Å². The standard InChI is InChI=1S/C6H2F12/c7-1(3(10,11)2(8)9)4(12,5(13,14)15)6(16,17)18/h1-2H. The summed E-state index contributed by atoms with van der Waals surface area (Å²) < 4.78 is 143. The maximum atomic E-state index is 12.6. The van der Waals surface area contributed by atoms with Gasteiger partial charge >= 0.3 is 30.4 Å². The van der Waals surface area contributed by atoms with Gasteiger partial charge in [-0.25, -0.2) is 17.6 Å². The highest BCUT2D eigenvalue weighted by molar-refractivity contribution is 5.06. The molecule has 0 saturated heterocycles. The molecular weight excluding hydrogens is 300 g/mol. The molecule has 18 heavy (non-hydrogen) atoms. The number of hydrogen-bond donors (Lipinski definition) is 0. The van der Waals surface area contributed by atoms with Crippen LogP contribution in [0.5, 0.6) is 0 Å². The van der Waals surface area contributed by atoms with Crippen LogP contribution in [0.2, 0.25) is 0 Å². The predicted octanol–water partition coefficient (Wildman–Crippen LogP) is 4.06. The first-order valence-electron chi connectivity index (χ1n) is 3.72. The highest BCUT2D eigenvalue weighted by Gasteiger charge is 2.82. The summed E-state index contributed by atoms with van der Waals surface area (Å²) in [5.74, 6) is -6.46. The van der Waals surface area contributed by atoms with E-state index in [9.17, 15) is 52.7 Å². The highest BCUT2D eigenvalue weighted by Crippen LogP contribution is 2.53. The summed E-state index contributed by atoms with van der Waals surface area (Å²) in [7, 11) is 0. The van der Waals surface area contributed by atoms with Crippen LogP contribution in [0.15, 0.2) is 0 Å². The van der Waals surface area contributed by atoms with Crippen molar-refractivity contribution in [2.45, 2.75) is 36.5 Å². The Bertz CT molecular complexity index is 270. The largest absolute Gasteiger partial charge is 0.434 e. The van der Waals surface area contributed by atoms with E-state index in [2.05, 4.69) is 0 Å². The molecule has 0 radical (unpaired) electrons. The van der Waals surface area contributed by atoms with Gasteiger partial charge < -0.3 is 0 Å². The minimum absolute atomic E-state index is 5.24. The van der Waals surface area contributed by atoms with Gasteiger partial charge in [-0.2, -0.15) is 35.1 Å². The molecule has 0 aromatic carbocycles. The first-order chi connectivity index (χ1) is 7.60. The Labute approximate surface area is 90.6 Å². The maximum Gasteiger partial charge on any atom is 0.434 e. The number of rotatable bonds is 3. The lowest BCUT2D eigenvalue weighted by Gasteiger charge is -2.35. The van der Waals surface area contributed by atoms with E-state index in [4.69, 9.17) is 0 Å². The van der Waals surface area contributed by atoms with Gasteiger partial charge in [0.15, 0.2) is 0 Å². The van der Waals surface area contributed by atoms with Gasteiger partial charge in [0.1, 0.15) is 0 Å². The zero-order valence-corrected chi connectivity index (χ0v) is 7.69. The Morgan fingerprint density at radius 1 is 0.556 bits per heavy atom. The number of hydrogen-bond acceptors (Lipinski definition) is 0. The van der Waals surface area contributed by atoms with Gasteiger partial charge in [-0.3, -0.25) is 0 Å². The molecule has 1 unspecified atom stereocenters. The van der Waals surface area contributed by atoms with Crippen LogP contribution in [-0.2, 0) is 0 Å². The van der Waals surface area contributed by atoms with Crippen LogP contribution < -0.4 is 0 Å². The second-order valence-electron chi connectivity index (χ2n) is 3.05. The molecule has 0 rings (SSSR count). The Balaban J connectivity index is 5.81. The van der Waals surface area contributed by atoms with Gasteiger partial charge in [0.25, 0.3) is 0 Å². The van der Waals surface area contributed by atoms with Crippen LogP contribution in [-0.4, -0.2) is 36.5 Å². The summed E-state index contributed by atoms with van der Waals surface area (Å²) in [6.45, 7) is 0. The number of alkyl halides is 12. The molecule has 0 N–H and O–H groups in total. The minimum atomic E-state index is -7.18. The van der Waals surface area contributed by atoms with Crippen molar-refractivity contribution in [1.29, 1.82) is 0 Å². The smallest absolute Gasteiger partial charge is 0.236 e. The molecule has 0 spiro atoms. The van der Waals surface area contributed by atoms with Gasteiger partial charge in [-0.05, 0) is 0 Å².